The number of nitrogens with two attached hydrogens (primary N) is 1. The van der Waals surface area contributed by atoms with E-state index in [4.69, 9.17) is 26.8 Å². The van der Waals surface area contributed by atoms with Crippen LogP contribution < -0.4 is 20.5 Å². The molecule has 0 spiro atoms. The quantitative estimate of drug-likeness (QED) is 0.800. The Balaban J connectivity index is 2.77. The second kappa shape index (κ2) is 7.21. The van der Waals surface area contributed by atoms with Crippen LogP contribution in [0.2, 0.25) is 5.02 Å². The molecule has 0 heterocycles. The molecule has 0 aliphatic heterocycles. The van der Waals surface area contributed by atoms with Gasteiger partial charge in [0.2, 0.25) is 5.91 Å². The smallest absolute Gasteiger partial charge is 0.218 e. The number of carbonyl (C=O) groups is 1. The van der Waals surface area contributed by atoms with Crippen molar-refractivity contribution in [2.45, 2.75) is 25.9 Å². The number of halogens is 1. The standard InChI is InChI=1S/C13H19ClN2O3/c1-8(6-11(15)17)16-7-9-4-5-10(18-2)13(19-3)12(9)14/h4-5,8,16H,6-7H2,1-3H3,(H2,15,17). The van der Waals surface area contributed by atoms with Gasteiger partial charge in [-0.3, -0.25) is 4.79 Å². The lowest BCUT2D eigenvalue weighted by Crippen LogP contribution is -2.30. The molecule has 0 aliphatic carbocycles. The predicted molar refractivity (Wildman–Crippen MR) is 74.7 cm³/mol. The van der Waals surface area contributed by atoms with E-state index in [1.165, 1.54) is 7.11 Å². The molecule has 3 N–H and O–H groups in total. The Morgan fingerprint density at radius 3 is 2.63 bits per heavy atom. The van der Waals surface area contributed by atoms with Crippen LogP contribution >= 0.6 is 11.6 Å². The summed E-state index contributed by atoms with van der Waals surface area (Å²) >= 11 is 6.25. The summed E-state index contributed by atoms with van der Waals surface area (Å²) in [6.07, 6.45) is 0.283. The van der Waals surface area contributed by atoms with Gasteiger partial charge in [-0.2, -0.15) is 0 Å². The summed E-state index contributed by atoms with van der Waals surface area (Å²) in [7, 11) is 3.09. The Labute approximate surface area is 118 Å². The first-order valence-corrected chi connectivity index (χ1v) is 6.28. The lowest BCUT2D eigenvalue weighted by molar-refractivity contribution is -0.118. The van der Waals surface area contributed by atoms with Crippen molar-refractivity contribution in [3.05, 3.63) is 22.7 Å². The van der Waals surface area contributed by atoms with Gasteiger partial charge in [-0.05, 0) is 18.6 Å². The van der Waals surface area contributed by atoms with E-state index in [0.29, 0.717) is 23.1 Å². The van der Waals surface area contributed by atoms with Gasteiger partial charge >= 0.3 is 0 Å². The van der Waals surface area contributed by atoms with Crippen molar-refractivity contribution in [1.29, 1.82) is 0 Å². The van der Waals surface area contributed by atoms with Gasteiger partial charge in [-0.1, -0.05) is 17.7 Å². The Morgan fingerprint density at radius 1 is 1.42 bits per heavy atom. The van der Waals surface area contributed by atoms with E-state index in [9.17, 15) is 4.79 Å². The zero-order valence-electron chi connectivity index (χ0n) is 11.3. The number of benzene rings is 1. The topological polar surface area (TPSA) is 73.6 Å². The minimum atomic E-state index is -0.335. The lowest BCUT2D eigenvalue weighted by atomic mass is 10.1. The molecule has 0 aliphatic rings. The third-order valence-electron chi connectivity index (χ3n) is 2.71. The fourth-order valence-corrected chi connectivity index (χ4v) is 2.02. The Morgan fingerprint density at radius 2 is 2.11 bits per heavy atom. The van der Waals surface area contributed by atoms with Crippen molar-refractivity contribution >= 4 is 17.5 Å². The van der Waals surface area contributed by atoms with Crippen molar-refractivity contribution in [2.24, 2.45) is 5.73 Å². The Bertz CT molecular complexity index is 452. The molecule has 0 fully saturated rings. The largest absolute Gasteiger partial charge is 0.493 e. The van der Waals surface area contributed by atoms with Gasteiger partial charge in [-0.15, -0.1) is 0 Å². The van der Waals surface area contributed by atoms with Crippen LogP contribution in [0.25, 0.3) is 0 Å². The summed E-state index contributed by atoms with van der Waals surface area (Å²) in [5, 5.41) is 3.68. The molecule has 5 nitrogen and oxygen atoms in total. The second-order valence-electron chi connectivity index (χ2n) is 4.23. The molecular weight excluding hydrogens is 268 g/mol. The molecule has 1 rings (SSSR count). The zero-order chi connectivity index (χ0) is 14.4. The van der Waals surface area contributed by atoms with Crippen LogP contribution in [-0.2, 0) is 11.3 Å². The number of nitrogens with one attached hydrogen (secondary N) is 1. The molecule has 0 saturated carbocycles. The maximum atomic E-state index is 10.8. The fourth-order valence-electron chi connectivity index (χ4n) is 1.72. The van der Waals surface area contributed by atoms with Gasteiger partial charge in [0.1, 0.15) is 0 Å². The predicted octanol–water partition coefficient (Wildman–Crippen LogP) is 1.71. The number of hydrogen-bond donors (Lipinski definition) is 2. The van der Waals surface area contributed by atoms with E-state index in [2.05, 4.69) is 5.32 Å². The van der Waals surface area contributed by atoms with Gasteiger partial charge in [0.25, 0.3) is 0 Å². The van der Waals surface area contributed by atoms with Crippen LogP contribution in [0.5, 0.6) is 11.5 Å². The summed E-state index contributed by atoms with van der Waals surface area (Å²) in [6, 6.07) is 3.63. The number of carbonyl (C=O) groups excluding carboxylic acids is 1. The molecule has 0 bridgehead atoms. The van der Waals surface area contributed by atoms with E-state index < -0.39 is 0 Å². The summed E-state index contributed by atoms with van der Waals surface area (Å²) in [6.45, 7) is 2.41. The molecule has 0 aromatic heterocycles. The molecule has 1 amide bonds. The van der Waals surface area contributed by atoms with Crippen LogP contribution in [0.15, 0.2) is 12.1 Å². The highest BCUT2D eigenvalue weighted by atomic mass is 35.5. The summed E-state index contributed by atoms with van der Waals surface area (Å²) in [4.78, 5) is 10.8. The van der Waals surface area contributed by atoms with E-state index in [1.54, 1.807) is 13.2 Å². The van der Waals surface area contributed by atoms with Crippen molar-refractivity contribution in [3.8, 4) is 11.5 Å². The molecule has 1 aromatic rings. The highest BCUT2D eigenvalue weighted by Gasteiger charge is 2.14. The van der Waals surface area contributed by atoms with Gasteiger partial charge < -0.3 is 20.5 Å². The van der Waals surface area contributed by atoms with Crippen molar-refractivity contribution in [2.75, 3.05) is 14.2 Å². The summed E-state index contributed by atoms with van der Waals surface area (Å²) in [5.41, 5.74) is 6.01. The van der Waals surface area contributed by atoms with Crippen LogP contribution in [0.4, 0.5) is 0 Å². The van der Waals surface area contributed by atoms with Gasteiger partial charge in [0.15, 0.2) is 11.5 Å². The minimum absolute atomic E-state index is 0.0123. The fraction of sp³-hybridized carbons (Fsp3) is 0.462. The van der Waals surface area contributed by atoms with E-state index in [0.717, 1.165) is 5.56 Å². The van der Waals surface area contributed by atoms with Crippen LogP contribution in [-0.4, -0.2) is 26.2 Å². The number of ether oxygens (including phenoxy) is 2. The van der Waals surface area contributed by atoms with Gasteiger partial charge in [-0.25, -0.2) is 0 Å². The highest BCUT2D eigenvalue weighted by molar-refractivity contribution is 6.33. The molecule has 1 aromatic carbocycles. The van der Waals surface area contributed by atoms with Crippen molar-refractivity contribution < 1.29 is 14.3 Å². The highest BCUT2D eigenvalue weighted by Crippen LogP contribution is 2.37. The molecule has 6 heteroatoms. The molecule has 1 atom stereocenters. The maximum absolute atomic E-state index is 10.8. The normalized spacial score (nSPS) is 12.0. The van der Waals surface area contributed by atoms with E-state index >= 15 is 0 Å². The first-order chi connectivity index (χ1) is 8.99. The third kappa shape index (κ3) is 4.29. The zero-order valence-corrected chi connectivity index (χ0v) is 12.1. The first kappa shape index (κ1) is 15.6. The maximum Gasteiger partial charge on any atom is 0.218 e. The van der Waals surface area contributed by atoms with Crippen LogP contribution in [0, 0.1) is 0 Å². The SMILES string of the molecule is COc1ccc(CNC(C)CC(N)=O)c(Cl)c1OC. The molecule has 1 unspecified atom stereocenters. The average molecular weight is 287 g/mol. The monoisotopic (exact) mass is 286 g/mol. The molecule has 19 heavy (non-hydrogen) atoms. The second-order valence-corrected chi connectivity index (χ2v) is 4.60. The summed E-state index contributed by atoms with van der Waals surface area (Å²) in [5.74, 6) is 0.755. The Hall–Kier alpha value is -1.46. The minimum Gasteiger partial charge on any atom is -0.493 e. The van der Waals surface area contributed by atoms with Gasteiger partial charge in [0, 0.05) is 19.0 Å². The molecular formula is C13H19ClN2O3. The molecule has 106 valence electrons. The third-order valence-corrected chi connectivity index (χ3v) is 3.13. The number of primary amides is 1. The van der Waals surface area contributed by atoms with Crippen molar-refractivity contribution in [3.63, 3.8) is 0 Å². The van der Waals surface area contributed by atoms with Crippen LogP contribution in [0.3, 0.4) is 0 Å². The number of rotatable bonds is 7. The van der Waals surface area contributed by atoms with E-state index in [-0.39, 0.29) is 18.4 Å². The Kier molecular flexibility index (Phi) is 5.92. The molecule has 0 saturated heterocycles. The lowest BCUT2D eigenvalue weighted by Gasteiger charge is -2.15. The van der Waals surface area contributed by atoms with Crippen molar-refractivity contribution in [1.82, 2.24) is 5.32 Å². The van der Waals surface area contributed by atoms with E-state index in [1.807, 2.05) is 13.0 Å². The van der Waals surface area contributed by atoms with Gasteiger partial charge in [0.05, 0.1) is 19.2 Å². The van der Waals surface area contributed by atoms with Crippen LogP contribution in [0.1, 0.15) is 18.9 Å². The first-order valence-electron chi connectivity index (χ1n) is 5.90. The number of hydrogen-bond acceptors (Lipinski definition) is 4. The summed E-state index contributed by atoms with van der Waals surface area (Å²) < 4.78 is 10.4. The average Bonchev–Trinajstić information content (AvgIpc) is 2.36. The molecule has 0 radical (unpaired) electrons. The number of methoxy groups -OCH3 is 2. The number of amides is 1.